The molecule has 10 heteroatoms. The number of benzene rings is 2. The van der Waals surface area contributed by atoms with Crippen LogP contribution in [0, 0.1) is 10.1 Å². The lowest BCUT2D eigenvalue weighted by Crippen LogP contribution is -2.50. The van der Waals surface area contributed by atoms with Gasteiger partial charge in [-0.25, -0.2) is 0 Å². The molecule has 1 heterocycles. The van der Waals surface area contributed by atoms with Crippen molar-refractivity contribution in [2.75, 3.05) is 50.6 Å². The van der Waals surface area contributed by atoms with E-state index in [-0.39, 0.29) is 17.2 Å². The van der Waals surface area contributed by atoms with Crippen molar-refractivity contribution in [1.82, 2.24) is 4.90 Å². The van der Waals surface area contributed by atoms with Gasteiger partial charge in [0.05, 0.1) is 30.9 Å². The van der Waals surface area contributed by atoms with E-state index in [0.717, 1.165) is 18.8 Å². The van der Waals surface area contributed by atoms with Crippen LogP contribution in [0.25, 0.3) is 0 Å². The van der Waals surface area contributed by atoms with Crippen molar-refractivity contribution < 1.29 is 19.5 Å². The Labute approximate surface area is 173 Å². The molecule has 2 N–H and O–H groups in total. The lowest BCUT2D eigenvalue weighted by atomic mass is 10.2. The van der Waals surface area contributed by atoms with E-state index in [1.165, 1.54) is 26.4 Å². The summed E-state index contributed by atoms with van der Waals surface area (Å²) >= 11 is 5.53. The maximum atomic E-state index is 11.2. The third-order valence-corrected chi connectivity index (χ3v) is 5.08. The van der Waals surface area contributed by atoms with Crippen LogP contribution in [0.5, 0.6) is 17.2 Å². The van der Waals surface area contributed by atoms with Crippen LogP contribution in [0.2, 0.25) is 0 Å². The number of aromatic hydroxyl groups is 1. The first-order valence-electron chi connectivity index (χ1n) is 8.93. The summed E-state index contributed by atoms with van der Waals surface area (Å²) in [4.78, 5) is 14.9. The van der Waals surface area contributed by atoms with Crippen molar-refractivity contribution in [1.29, 1.82) is 0 Å². The van der Waals surface area contributed by atoms with Gasteiger partial charge in [0.25, 0.3) is 0 Å². The number of methoxy groups -OCH3 is 2. The van der Waals surface area contributed by atoms with Crippen molar-refractivity contribution >= 4 is 34.4 Å². The minimum atomic E-state index is -0.522. The van der Waals surface area contributed by atoms with Gasteiger partial charge >= 0.3 is 5.69 Å². The number of hydrogen-bond acceptors (Lipinski definition) is 7. The smallest absolute Gasteiger partial charge is 0.314 e. The molecular formula is C19H22N4O5S. The zero-order valence-electron chi connectivity index (χ0n) is 16.1. The highest BCUT2D eigenvalue weighted by Gasteiger charge is 2.23. The molecule has 0 amide bonds. The highest BCUT2D eigenvalue weighted by Crippen LogP contribution is 2.37. The lowest BCUT2D eigenvalue weighted by Gasteiger charge is -2.37. The second-order valence-corrected chi connectivity index (χ2v) is 6.79. The number of anilines is 2. The second kappa shape index (κ2) is 8.82. The molecule has 0 aliphatic carbocycles. The van der Waals surface area contributed by atoms with Gasteiger partial charge in [-0.05, 0) is 36.5 Å². The van der Waals surface area contributed by atoms with Crippen LogP contribution in [0.4, 0.5) is 17.1 Å². The van der Waals surface area contributed by atoms with Crippen LogP contribution in [-0.2, 0) is 0 Å². The molecule has 0 bridgehead atoms. The number of ether oxygens (including phenoxy) is 2. The summed E-state index contributed by atoms with van der Waals surface area (Å²) in [5.41, 5.74) is 1.37. The predicted molar refractivity (Wildman–Crippen MR) is 114 cm³/mol. The van der Waals surface area contributed by atoms with E-state index in [2.05, 4.69) is 10.2 Å². The summed E-state index contributed by atoms with van der Waals surface area (Å²) in [7, 11) is 2.82. The maximum absolute atomic E-state index is 11.2. The van der Waals surface area contributed by atoms with Crippen molar-refractivity contribution in [2.24, 2.45) is 0 Å². The zero-order valence-corrected chi connectivity index (χ0v) is 16.9. The number of thiocarbonyl (C=S) groups is 1. The number of nitro benzene ring substituents is 1. The number of nitrogens with one attached hydrogen (secondary N) is 1. The standard InChI is InChI=1S/C19H22N4O5S/c1-27-17-12-16(23(25)26)18(28-2)11-15(17)20-19(29)22-9-7-21(8-10-22)13-3-5-14(24)6-4-13/h3-6,11-12,24H,7-10H2,1-2H3,(H,20,29). The number of nitro groups is 1. The van der Waals surface area contributed by atoms with Gasteiger partial charge in [-0.2, -0.15) is 0 Å². The van der Waals surface area contributed by atoms with E-state index >= 15 is 0 Å². The summed E-state index contributed by atoms with van der Waals surface area (Å²) < 4.78 is 10.4. The van der Waals surface area contributed by atoms with E-state index in [0.29, 0.717) is 29.6 Å². The highest BCUT2D eigenvalue weighted by atomic mass is 32.1. The third kappa shape index (κ3) is 4.60. The van der Waals surface area contributed by atoms with Gasteiger partial charge < -0.3 is 29.7 Å². The molecule has 0 atom stereocenters. The van der Waals surface area contributed by atoms with Gasteiger partial charge in [-0.3, -0.25) is 10.1 Å². The van der Waals surface area contributed by atoms with Crippen LogP contribution >= 0.6 is 12.2 Å². The molecule has 0 unspecified atom stereocenters. The third-order valence-electron chi connectivity index (χ3n) is 4.72. The minimum Gasteiger partial charge on any atom is -0.508 e. The van der Waals surface area contributed by atoms with Crippen LogP contribution in [0.1, 0.15) is 0 Å². The van der Waals surface area contributed by atoms with E-state index < -0.39 is 4.92 Å². The molecule has 1 aliphatic heterocycles. The normalized spacial score (nSPS) is 13.7. The van der Waals surface area contributed by atoms with Gasteiger partial charge in [0.15, 0.2) is 10.9 Å². The van der Waals surface area contributed by atoms with Crippen LogP contribution in [0.15, 0.2) is 36.4 Å². The summed E-state index contributed by atoms with van der Waals surface area (Å²) in [5, 5.41) is 24.2. The van der Waals surface area contributed by atoms with Crippen LogP contribution in [-0.4, -0.2) is 60.4 Å². The first-order chi connectivity index (χ1) is 13.9. The van der Waals surface area contributed by atoms with Gasteiger partial charge in [-0.1, -0.05) is 0 Å². The zero-order chi connectivity index (χ0) is 21.0. The Hall–Kier alpha value is -3.27. The fourth-order valence-electron chi connectivity index (χ4n) is 3.15. The quantitative estimate of drug-likeness (QED) is 0.431. The molecule has 3 rings (SSSR count). The van der Waals surface area contributed by atoms with Crippen molar-refractivity contribution in [3.63, 3.8) is 0 Å². The molecule has 0 radical (unpaired) electrons. The van der Waals surface area contributed by atoms with E-state index in [9.17, 15) is 15.2 Å². The SMILES string of the molecule is COc1cc([N+](=O)[O-])c(OC)cc1NC(=S)N1CCN(c2ccc(O)cc2)CC1. The summed E-state index contributed by atoms with van der Waals surface area (Å²) in [6.45, 7) is 2.96. The fraction of sp³-hybridized carbons (Fsp3) is 0.316. The average molecular weight is 418 g/mol. The van der Waals surface area contributed by atoms with E-state index in [4.69, 9.17) is 21.7 Å². The Morgan fingerprint density at radius 1 is 1.10 bits per heavy atom. The topological polar surface area (TPSA) is 100 Å². The molecular weight excluding hydrogens is 396 g/mol. The first kappa shape index (κ1) is 20.5. The van der Waals surface area contributed by atoms with E-state index in [1.807, 2.05) is 17.0 Å². The number of rotatable bonds is 5. The van der Waals surface area contributed by atoms with Crippen molar-refractivity contribution in [2.45, 2.75) is 0 Å². The average Bonchev–Trinajstić information content (AvgIpc) is 2.73. The van der Waals surface area contributed by atoms with Gasteiger partial charge in [-0.15, -0.1) is 0 Å². The van der Waals surface area contributed by atoms with Gasteiger partial charge in [0, 0.05) is 37.9 Å². The monoisotopic (exact) mass is 418 g/mol. The Balaban J connectivity index is 1.68. The number of phenolic OH excluding ortho intramolecular Hbond substituents is 1. The molecule has 2 aromatic rings. The van der Waals surface area contributed by atoms with Gasteiger partial charge in [0.2, 0.25) is 0 Å². The molecule has 1 aliphatic rings. The second-order valence-electron chi connectivity index (χ2n) is 6.40. The molecule has 0 aromatic heterocycles. The molecule has 2 aromatic carbocycles. The predicted octanol–water partition coefficient (Wildman–Crippen LogP) is 2.84. The Morgan fingerprint density at radius 3 is 2.28 bits per heavy atom. The van der Waals surface area contributed by atoms with E-state index in [1.54, 1.807) is 12.1 Å². The summed E-state index contributed by atoms with van der Waals surface area (Å²) in [6, 6.07) is 9.93. The maximum Gasteiger partial charge on any atom is 0.314 e. The fourth-order valence-corrected chi connectivity index (χ4v) is 3.44. The highest BCUT2D eigenvalue weighted by molar-refractivity contribution is 7.80. The molecule has 9 nitrogen and oxygen atoms in total. The summed E-state index contributed by atoms with van der Waals surface area (Å²) in [6.07, 6.45) is 0. The molecule has 1 saturated heterocycles. The Morgan fingerprint density at radius 2 is 1.72 bits per heavy atom. The van der Waals surface area contributed by atoms with Crippen LogP contribution in [0.3, 0.4) is 0 Å². The lowest BCUT2D eigenvalue weighted by molar-refractivity contribution is -0.385. The molecule has 29 heavy (non-hydrogen) atoms. The molecule has 1 fully saturated rings. The van der Waals surface area contributed by atoms with Crippen molar-refractivity contribution in [3.8, 4) is 17.2 Å². The van der Waals surface area contributed by atoms with Crippen LogP contribution < -0.4 is 19.7 Å². The Bertz CT molecular complexity index is 898. The largest absolute Gasteiger partial charge is 0.508 e. The van der Waals surface area contributed by atoms with Crippen molar-refractivity contribution in [3.05, 3.63) is 46.5 Å². The first-order valence-corrected chi connectivity index (χ1v) is 9.34. The summed E-state index contributed by atoms with van der Waals surface area (Å²) in [5.74, 6) is 0.672. The number of phenols is 1. The molecule has 0 saturated carbocycles. The Kier molecular flexibility index (Phi) is 6.23. The number of nitrogens with zero attached hydrogens (tertiary/aromatic N) is 3. The number of hydrogen-bond donors (Lipinski definition) is 2. The molecule has 0 spiro atoms. The number of piperazine rings is 1. The molecule has 154 valence electrons. The minimum absolute atomic E-state index is 0.123. The van der Waals surface area contributed by atoms with Gasteiger partial charge in [0.1, 0.15) is 11.5 Å².